The summed E-state index contributed by atoms with van der Waals surface area (Å²) in [4.78, 5) is 27.4. The molecule has 2 aliphatic heterocycles. The van der Waals surface area contributed by atoms with Gasteiger partial charge in [-0.3, -0.25) is 9.59 Å². The number of benzene rings is 1. The number of carbonyl (C=O) groups is 2. The molecule has 1 aromatic carbocycles. The average molecular weight is 303 g/mol. The number of rotatable bonds is 3. The highest BCUT2D eigenvalue weighted by Gasteiger charge is 2.36. The Hall–Kier alpha value is -1.99. The monoisotopic (exact) mass is 302 g/mol. The maximum atomic E-state index is 12.5. The number of alkyl halides is 1. The Balaban J connectivity index is 1.65. The van der Waals surface area contributed by atoms with Crippen LogP contribution in [0.3, 0.4) is 0 Å². The molecule has 0 aromatic heterocycles. The van der Waals surface area contributed by atoms with Crippen molar-refractivity contribution in [3.8, 4) is 12.3 Å². The summed E-state index contributed by atoms with van der Waals surface area (Å²) in [6.07, 6.45) is 5.46. The van der Waals surface area contributed by atoms with E-state index in [2.05, 4.69) is 5.92 Å². The molecule has 0 unspecified atom stereocenters. The highest BCUT2D eigenvalue weighted by atomic mass is 35.5. The number of likely N-dealkylation sites (tertiary alicyclic amines) is 1. The van der Waals surface area contributed by atoms with Crippen LogP contribution in [0.2, 0.25) is 0 Å². The standard InChI is InChI=1S/C16H15ClN2O2/c1-2-12-4-3-5-13-10-19(16(21)15(12)13)9-11-7-18(8-11)14(20)6-17/h1,3-5,11H,6-10H2. The molecule has 21 heavy (non-hydrogen) atoms. The molecule has 1 aromatic rings. The van der Waals surface area contributed by atoms with E-state index in [1.807, 2.05) is 17.0 Å². The zero-order valence-corrected chi connectivity index (χ0v) is 12.3. The van der Waals surface area contributed by atoms with E-state index in [4.69, 9.17) is 18.0 Å². The first-order chi connectivity index (χ1) is 10.1. The van der Waals surface area contributed by atoms with Crippen molar-refractivity contribution in [3.63, 3.8) is 0 Å². The lowest BCUT2D eigenvalue weighted by Gasteiger charge is -2.40. The van der Waals surface area contributed by atoms with Crippen LogP contribution in [0.4, 0.5) is 0 Å². The fraction of sp³-hybridized carbons (Fsp3) is 0.375. The van der Waals surface area contributed by atoms with E-state index in [9.17, 15) is 9.59 Å². The average Bonchev–Trinajstić information content (AvgIpc) is 2.78. The van der Waals surface area contributed by atoms with E-state index >= 15 is 0 Å². The van der Waals surface area contributed by atoms with Gasteiger partial charge in [-0.1, -0.05) is 18.1 Å². The molecule has 3 rings (SSSR count). The largest absolute Gasteiger partial charge is 0.341 e. The van der Waals surface area contributed by atoms with Crippen LogP contribution >= 0.6 is 11.6 Å². The van der Waals surface area contributed by atoms with Gasteiger partial charge in [0.05, 0.1) is 5.56 Å². The highest BCUT2D eigenvalue weighted by Crippen LogP contribution is 2.28. The predicted molar refractivity (Wildman–Crippen MR) is 79.9 cm³/mol. The van der Waals surface area contributed by atoms with Crippen molar-refractivity contribution in [1.82, 2.24) is 9.80 Å². The lowest BCUT2D eigenvalue weighted by molar-refractivity contribution is -0.134. The summed E-state index contributed by atoms with van der Waals surface area (Å²) >= 11 is 5.52. The zero-order chi connectivity index (χ0) is 15.0. The molecule has 2 heterocycles. The number of hydrogen-bond donors (Lipinski definition) is 0. The van der Waals surface area contributed by atoms with Crippen molar-refractivity contribution in [2.24, 2.45) is 5.92 Å². The van der Waals surface area contributed by atoms with E-state index in [0.717, 1.165) is 5.56 Å². The number of carbonyl (C=O) groups excluding carboxylic acids is 2. The van der Waals surface area contributed by atoms with Crippen LogP contribution in [0.1, 0.15) is 21.5 Å². The van der Waals surface area contributed by atoms with Gasteiger partial charge in [0, 0.05) is 37.7 Å². The Morgan fingerprint density at radius 3 is 2.86 bits per heavy atom. The lowest BCUT2D eigenvalue weighted by atomic mass is 9.99. The molecular formula is C16H15ClN2O2. The molecule has 0 N–H and O–H groups in total. The molecule has 0 atom stereocenters. The molecule has 1 saturated heterocycles. The van der Waals surface area contributed by atoms with Gasteiger partial charge in [-0.2, -0.15) is 0 Å². The van der Waals surface area contributed by atoms with Gasteiger partial charge in [-0.25, -0.2) is 0 Å². The molecule has 0 saturated carbocycles. The van der Waals surface area contributed by atoms with Gasteiger partial charge >= 0.3 is 0 Å². The second-order valence-corrected chi connectivity index (χ2v) is 5.74. The molecule has 4 nitrogen and oxygen atoms in total. The number of terminal acetylenes is 1. The lowest BCUT2D eigenvalue weighted by Crippen LogP contribution is -2.54. The van der Waals surface area contributed by atoms with Crippen molar-refractivity contribution in [2.75, 3.05) is 25.5 Å². The third-order valence-electron chi connectivity index (χ3n) is 4.07. The van der Waals surface area contributed by atoms with Crippen LogP contribution < -0.4 is 0 Å². The zero-order valence-electron chi connectivity index (χ0n) is 11.5. The number of nitrogens with zero attached hydrogens (tertiary/aromatic N) is 2. The number of hydrogen-bond acceptors (Lipinski definition) is 2. The molecule has 5 heteroatoms. The van der Waals surface area contributed by atoms with Gasteiger partial charge in [-0.15, -0.1) is 18.0 Å². The van der Waals surface area contributed by atoms with Crippen molar-refractivity contribution in [2.45, 2.75) is 6.54 Å². The van der Waals surface area contributed by atoms with E-state index in [0.29, 0.717) is 43.2 Å². The fourth-order valence-corrected chi connectivity index (χ4v) is 3.14. The van der Waals surface area contributed by atoms with E-state index in [-0.39, 0.29) is 17.7 Å². The maximum Gasteiger partial charge on any atom is 0.255 e. The van der Waals surface area contributed by atoms with E-state index < -0.39 is 0 Å². The Morgan fingerprint density at radius 2 is 2.19 bits per heavy atom. The van der Waals surface area contributed by atoms with Crippen LogP contribution in [-0.2, 0) is 11.3 Å². The molecule has 2 amide bonds. The highest BCUT2D eigenvalue weighted by molar-refractivity contribution is 6.27. The van der Waals surface area contributed by atoms with Crippen molar-refractivity contribution in [3.05, 3.63) is 34.9 Å². The summed E-state index contributed by atoms with van der Waals surface area (Å²) < 4.78 is 0. The number of halogens is 1. The summed E-state index contributed by atoms with van der Waals surface area (Å²) in [6.45, 7) is 2.61. The first kappa shape index (κ1) is 14.0. The van der Waals surface area contributed by atoms with Gasteiger partial charge in [0.15, 0.2) is 0 Å². The van der Waals surface area contributed by atoms with Gasteiger partial charge in [0.1, 0.15) is 5.88 Å². The van der Waals surface area contributed by atoms with Crippen molar-refractivity contribution < 1.29 is 9.59 Å². The Labute approximate surface area is 128 Å². The minimum absolute atomic E-state index is 0.000620. The summed E-state index contributed by atoms with van der Waals surface area (Å²) in [7, 11) is 0. The van der Waals surface area contributed by atoms with Crippen LogP contribution in [0.25, 0.3) is 0 Å². The fourth-order valence-electron chi connectivity index (χ4n) is 2.97. The molecule has 0 bridgehead atoms. The van der Waals surface area contributed by atoms with Crippen LogP contribution in [0, 0.1) is 18.3 Å². The Morgan fingerprint density at radius 1 is 1.43 bits per heavy atom. The third-order valence-corrected chi connectivity index (χ3v) is 4.30. The second kappa shape index (κ2) is 5.42. The van der Waals surface area contributed by atoms with Gasteiger partial charge in [0.25, 0.3) is 5.91 Å². The topological polar surface area (TPSA) is 40.6 Å². The molecule has 1 fully saturated rings. The first-order valence-corrected chi connectivity index (χ1v) is 7.39. The Bertz CT molecular complexity index is 644. The second-order valence-electron chi connectivity index (χ2n) is 5.47. The predicted octanol–water partition coefficient (Wildman–Crippen LogP) is 1.32. The first-order valence-electron chi connectivity index (χ1n) is 6.85. The van der Waals surface area contributed by atoms with Crippen molar-refractivity contribution >= 4 is 23.4 Å². The third kappa shape index (κ3) is 2.38. The SMILES string of the molecule is C#Cc1cccc2c1C(=O)N(CC1CN(C(=O)CCl)C1)C2. The summed E-state index contributed by atoms with van der Waals surface area (Å²) in [5.41, 5.74) is 2.31. The summed E-state index contributed by atoms with van der Waals surface area (Å²) in [5, 5.41) is 0. The van der Waals surface area contributed by atoms with Gasteiger partial charge < -0.3 is 9.80 Å². The quantitative estimate of drug-likeness (QED) is 0.624. The minimum atomic E-state index is -0.0430. The van der Waals surface area contributed by atoms with E-state index in [1.54, 1.807) is 11.0 Å². The van der Waals surface area contributed by atoms with Gasteiger partial charge in [0.2, 0.25) is 5.91 Å². The van der Waals surface area contributed by atoms with Crippen molar-refractivity contribution in [1.29, 1.82) is 0 Å². The maximum absolute atomic E-state index is 12.5. The molecule has 2 aliphatic rings. The molecule has 0 radical (unpaired) electrons. The summed E-state index contributed by atoms with van der Waals surface area (Å²) in [5.74, 6) is 2.88. The molecule has 0 spiro atoms. The molecule has 108 valence electrons. The number of amides is 2. The molecular weight excluding hydrogens is 288 g/mol. The molecule has 0 aliphatic carbocycles. The summed E-state index contributed by atoms with van der Waals surface area (Å²) in [6, 6.07) is 5.62. The number of fused-ring (bicyclic) bond motifs is 1. The van der Waals surface area contributed by atoms with Crippen LogP contribution in [-0.4, -0.2) is 47.1 Å². The van der Waals surface area contributed by atoms with Crippen LogP contribution in [0.5, 0.6) is 0 Å². The normalized spacial score (nSPS) is 17.4. The van der Waals surface area contributed by atoms with Crippen LogP contribution in [0.15, 0.2) is 18.2 Å². The minimum Gasteiger partial charge on any atom is -0.341 e. The van der Waals surface area contributed by atoms with E-state index in [1.165, 1.54) is 0 Å². The van der Waals surface area contributed by atoms with Gasteiger partial charge in [-0.05, 0) is 11.6 Å². The smallest absolute Gasteiger partial charge is 0.255 e. The Kier molecular flexibility index (Phi) is 3.60.